The predicted molar refractivity (Wildman–Crippen MR) is 51.8 cm³/mol. The first-order valence-corrected chi connectivity index (χ1v) is 4.46. The zero-order chi connectivity index (χ0) is 11.9. The van der Waals surface area contributed by atoms with Gasteiger partial charge in [0.2, 0.25) is 0 Å². The predicted octanol–water partition coefficient (Wildman–Crippen LogP) is 0.517. The number of halogens is 3. The van der Waals surface area contributed by atoms with Crippen LogP contribution >= 0.6 is 0 Å². The Morgan fingerprint density at radius 2 is 2.12 bits per heavy atom. The van der Waals surface area contributed by atoms with E-state index in [0.29, 0.717) is 4.57 Å². The Morgan fingerprint density at radius 1 is 1.44 bits per heavy atom. The quantitative estimate of drug-likeness (QED) is 0.707. The second-order valence-corrected chi connectivity index (χ2v) is 3.42. The summed E-state index contributed by atoms with van der Waals surface area (Å²) >= 11 is 0. The molecule has 0 aliphatic heterocycles. The number of aryl methyl sites for hydroxylation is 1. The van der Waals surface area contributed by atoms with Crippen LogP contribution in [-0.2, 0) is 13.5 Å². The third-order valence-electron chi connectivity index (χ3n) is 2.12. The zero-order valence-corrected chi connectivity index (χ0v) is 8.27. The van der Waals surface area contributed by atoms with Crippen molar-refractivity contribution in [3.05, 3.63) is 22.9 Å². The van der Waals surface area contributed by atoms with Gasteiger partial charge in [0.15, 0.2) is 5.65 Å². The van der Waals surface area contributed by atoms with Crippen molar-refractivity contribution < 1.29 is 12.9 Å². The Hall–Kier alpha value is -1.80. The Labute approximate surface area is 87.6 Å². The summed E-state index contributed by atoms with van der Waals surface area (Å²) < 4.78 is 38.4. The first kappa shape index (κ1) is 10.7. The lowest BCUT2D eigenvalue weighted by Crippen LogP contribution is -2.31. The van der Waals surface area contributed by atoms with Crippen LogP contribution in [0.5, 0.6) is 0 Å². The molecule has 9 heteroatoms. The molecular weight excluding hydrogens is 224 g/mol. The van der Waals surface area contributed by atoms with Gasteiger partial charge in [0, 0.05) is 7.05 Å². The van der Waals surface area contributed by atoms with Gasteiger partial charge in [-0.2, -0.15) is 5.10 Å². The number of nitrogens with zero attached hydrogens (tertiary/aromatic N) is 4. The SMILES string of the molecule is Cn1ncc2c(=O)n(C[B-](F)(F)F)cnc21. The van der Waals surface area contributed by atoms with Gasteiger partial charge in [-0.05, 0) is 6.44 Å². The van der Waals surface area contributed by atoms with Gasteiger partial charge < -0.3 is 17.5 Å². The fourth-order valence-electron chi connectivity index (χ4n) is 1.42. The Bertz CT molecular complexity index is 587. The first-order chi connectivity index (χ1) is 7.38. The summed E-state index contributed by atoms with van der Waals surface area (Å²) in [6.45, 7) is -5.06. The van der Waals surface area contributed by atoms with Gasteiger partial charge in [-0.3, -0.25) is 9.48 Å². The minimum absolute atomic E-state index is 0.0880. The minimum atomic E-state index is -5.06. The number of rotatable bonds is 2. The highest BCUT2D eigenvalue weighted by Crippen LogP contribution is 2.11. The second kappa shape index (κ2) is 3.36. The maximum absolute atomic E-state index is 12.2. The van der Waals surface area contributed by atoms with Crippen LogP contribution in [0.1, 0.15) is 0 Å². The Balaban J connectivity index is 2.58. The standard InChI is InChI=1S/C7H7BF3N4O/c1-14-6-5(2-13-14)7(16)15(4-12-6)3-8(9,10)11/h2,4H,3H2,1H3/q-1. The van der Waals surface area contributed by atoms with Gasteiger partial charge in [0.25, 0.3) is 5.56 Å². The average Bonchev–Trinajstić information content (AvgIpc) is 2.52. The number of hydrogen-bond donors (Lipinski definition) is 0. The van der Waals surface area contributed by atoms with E-state index in [9.17, 15) is 17.7 Å². The van der Waals surface area contributed by atoms with Gasteiger partial charge in [-0.25, -0.2) is 4.98 Å². The first-order valence-electron chi connectivity index (χ1n) is 4.46. The van der Waals surface area contributed by atoms with Crippen molar-refractivity contribution in [2.45, 2.75) is 6.44 Å². The minimum Gasteiger partial charge on any atom is -0.448 e. The molecule has 2 aromatic rings. The van der Waals surface area contributed by atoms with Crippen molar-refractivity contribution >= 4 is 18.0 Å². The van der Waals surface area contributed by atoms with Gasteiger partial charge in [0.1, 0.15) is 5.39 Å². The molecule has 0 atom stereocenters. The lowest BCUT2D eigenvalue weighted by atomic mass is 9.92. The molecule has 0 radical (unpaired) electrons. The summed E-state index contributed by atoms with van der Waals surface area (Å²) in [5.74, 6) is 0. The molecule has 86 valence electrons. The topological polar surface area (TPSA) is 52.7 Å². The molecule has 5 nitrogen and oxygen atoms in total. The molecule has 0 aliphatic carbocycles. The van der Waals surface area contributed by atoms with E-state index in [4.69, 9.17) is 0 Å². The molecule has 0 saturated heterocycles. The third-order valence-corrected chi connectivity index (χ3v) is 2.12. The lowest BCUT2D eigenvalue weighted by Gasteiger charge is -2.14. The van der Waals surface area contributed by atoms with Crippen molar-refractivity contribution in [3.8, 4) is 0 Å². The number of aromatic nitrogens is 4. The monoisotopic (exact) mass is 231 g/mol. The van der Waals surface area contributed by atoms with Crippen LogP contribution in [-0.4, -0.2) is 26.3 Å². The Kier molecular flexibility index (Phi) is 2.25. The van der Waals surface area contributed by atoms with E-state index >= 15 is 0 Å². The zero-order valence-electron chi connectivity index (χ0n) is 8.27. The second-order valence-electron chi connectivity index (χ2n) is 3.42. The van der Waals surface area contributed by atoms with E-state index in [1.54, 1.807) is 7.05 Å². The highest BCUT2D eigenvalue weighted by atomic mass is 19.4. The molecule has 16 heavy (non-hydrogen) atoms. The van der Waals surface area contributed by atoms with Crippen LogP contribution in [0, 0.1) is 0 Å². The summed E-state index contributed by atoms with van der Waals surface area (Å²) in [6, 6.07) is 0. The van der Waals surface area contributed by atoms with Crippen LogP contribution < -0.4 is 5.56 Å². The molecule has 0 bridgehead atoms. The molecule has 0 saturated carbocycles. The van der Waals surface area contributed by atoms with E-state index in [1.165, 1.54) is 10.9 Å². The number of fused-ring (bicyclic) bond motifs is 1. The van der Waals surface area contributed by atoms with E-state index in [1.807, 2.05) is 0 Å². The molecule has 0 aromatic carbocycles. The summed E-state index contributed by atoms with van der Waals surface area (Å²) in [7, 11) is 1.56. The van der Waals surface area contributed by atoms with E-state index in [0.717, 1.165) is 6.33 Å². The summed E-state index contributed by atoms with van der Waals surface area (Å²) in [6.07, 6.45) is 0.822. The van der Waals surface area contributed by atoms with E-state index < -0.39 is 19.0 Å². The lowest BCUT2D eigenvalue weighted by molar-refractivity contribution is 0.442. The van der Waals surface area contributed by atoms with E-state index in [-0.39, 0.29) is 11.0 Å². The summed E-state index contributed by atoms with van der Waals surface area (Å²) in [5, 5.41) is 3.85. The molecule has 0 spiro atoms. The smallest absolute Gasteiger partial charge is 0.448 e. The van der Waals surface area contributed by atoms with Crippen molar-refractivity contribution in [1.29, 1.82) is 0 Å². The Morgan fingerprint density at radius 3 is 2.75 bits per heavy atom. The van der Waals surface area contributed by atoms with Crippen LogP contribution in [0.3, 0.4) is 0 Å². The fourth-order valence-corrected chi connectivity index (χ4v) is 1.42. The highest BCUT2D eigenvalue weighted by Gasteiger charge is 2.24. The molecule has 0 amide bonds. The van der Waals surface area contributed by atoms with Crippen molar-refractivity contribution in [3.63, 3.8) is 0 Å². The summed E-state index contributed by atoms with van der Waals surface area (Å²) in [4.78, 5) is 15.4. The molecule has 2 rings (SSSR count). The maximum Gasteiger partial charge on any atom is 0.497 e. The van der Waals surface area contributed by atoms with Gasteiger partial charge in [-0.15, -0.1) is 0 Å². The average molecular weight is 231 g/mol. The molecule has 0 fully saturated rings. The van der Waals surface area contributed by atoms with Crippen molar-refractivity contribution in [2.75, 3.05) is 0 Å². The molecule has 0 unspecified atom stereocenters. The third kappa shape index (κ3) is 1.80. The van der Waals surface area contributed by atoms with Crippen LogP contribution in [0.4, 0.5) is 12.9 Å². The maximum atomic E-state index is 12.2. The summed E-state index contributed by atoms with van der Waals surface area (Å²) in [5.41, 5.74) is -0.451. The molecule has 2 heterocycles. The van der Waals surface area contributed by atoms with Crippen molar-refractivity contribution in [2.24, 2.45) is 7.05 Å². The van der Waals surface area contributed by atoms with Crippen molar-refractivity contribution in [1.82, 2.24) is 19.3 Å². The largest absolute Gasteiger partial charge is 0.497 e. The normalized spacial score (nSPS) is 12.2. The van der Waals surface area contributed by atoms with Gasteiger partial charge in [0.05, 0.1) is 12.5 Å². The number of hydrogen-bond acceptors (Lipinski definition) is 3. The highest BCUT2D eigenvalue weighted by molar-refractivity contribution is 6.57. The molecule has 0 N–H and O–H groups in total. The van der Waals surface area contributed by atoms with Gasteiger partial charge >= 0.3 is 6.98 Å². The van der Waals surface area contributed by atoms with E-state index in [2.05, 4.69) is 10.1 Å². The van der Waals surface area contributed by atoms with Gasteiger partial charge in [-0.1, -0.05) is 0 Å². The van der Waals surface area contributed by atoms with Crippen LogP contribution in [0.25, 0.3) is 11.0 Å². The molecule has 2 aromatic heterocycles. The fraction of sp³-hybridized carbons (Fsp3) is 0.286. The van der Waals surface area contributed by atoms with Crippen LogP contribution in [0.2, 0.25) is 0 Å². The molecular formula is C7H7BF3N4O-. The van der Waals surface area contributed by atoms with Crippen LogP contribution in [0.15, 0.2) is 17.3 Å². The molecule has 0 aliphatic rings.